The second kappa shape index (κ2) is 4.37. The van der Waals surface area contributed by atoms with Crippen LogP contribution in [0.1, 0.15) is 0 Å². The molecule has 1 aromatic heterocycles. The lowest BCUT2D eigenvalue weighted by atomic mass is 10.3. The van der Waals surface area contributed by atoms with E-state index in [4.69, 9.17) is 4.42 Å². The summed E-state index contributed by atoms with van der Waals surface area (Å²) in [6.45, 7) is 6.60. The third-order valence-corrected chi connectivity index (χ3v) is 4.68. The van der Waals surface area contributed by atoms with Gasteiger partial charge in [-0.05, 0) is 18.2 Å². The summed E-state index contributed by atoms with van der Waals surface area (Å²) >= 11 is 0. The third-order valence-electron chi connectivity index (χ3n) is 2.64. The largest absolute Gasteiger partial charge is 0.470 e. The van der Waals surface area contributed by atoms with Crippen LogP contribution in [0.3, 0.4) is 0 Å². The first-order valence-electron chi connectivity index (χ1n) is 5.56. The molecule has 1 heterocycles. The van der Waals surface area contributed by atoms with Gasteiger partial charge in [0.05, 0.1) is 25.7 Å². The number of halogens is 1. The van der Waals surface area contributed by atoms with Crippen LogP contribution in [0.4, 0.5) is 15.8 Å². The highest BCUT2D eigenvalue weighted by Crippen LogP contribution is 2.20. The summed E-state index contributed by atoms with van der Waals surface area (Å²) in [4.78, 5) is 0. The van der Waals surface area contributed by atoms with Gasteiger partial charge in [0.1, 0.15) is 12.1 Å². The minimum Gasteiger partial charge on any atom is -0.470 e. The smallest absolute Gasteiger partial charge is 0.146 e. The Kier molecular flexibility index (Phi) is 3.06. The molecule has 0 aliphatic rings. The predicted molar refractivity (Wildman–Crippen MR) is 71.4 cm³/mol. The molecular formula is C13H16FNOSi. The van der Waals surface area contributed by atoms with E-state index in [-0.39, 0.29) is 5.82 Å². The van der Waals surface area contributed by atoms with Crippen molar-refractivity contribution in [1.82, 2.24) is 0 Å². The number of furan rings is 1. The molecule has 1 aromatic carbocycles. The summed E-state index contributed by atoms with van der Waals surface area (Å²) in [7, 11) is -1.45. The van der Waals surface area contributed by atoms with Gasteiger partial charge in [-0.1, -0.05) is 30.9 Å². The molecule has 0 unspecified atom stereocenters. The summed E-state index contributed by atoms with van der Waals surface area (Å²) in [5.41, 5.74) is 1.23. The molecule has 0 aliphatic heterocycles. The molecule has 4 heteroatoms. The Hall–Kier alpha value is -1.55. The van der Waals surface area contributed by atoms with Crippen LogP contribution in [-0.4, -0.2) is 8.07 Å². The van der Waals surface area contributed by atoms with E-state index in [2.05, 4.69) is 25.0 Å². The van der Waals surface area contributed by atoms with Gasteiger partial charge in [-0.2, -0.15) is 0 Å². The van der Waals surface area contributed by atoms with Crippen molar-refractivity contribution in [2.75, 3.05) is 5.32 Å². The molecule has 0 fully saturated rings. The zero-order valence-electron chi connectivity index (χ0n) is 10.3. The highest BCUT2D eigenvalue weighted by atomic mass is 28.3. The van der Waals surface area contributed by atoms with Crippen LogP contribution in [-0.2, 0) is 0 Å². The predicted octanol–water partition coefficient (Wildman–Crippen LogP) is 3.71. The normalized spacial score (nSPS) is 11.5. The molecule has 0 bridgehead atoms. The average Bonchev–Trinajstić information content (AvgIpc) is 2.72. The average molecular weight is 249 g/mol. The van der Waals surface area contributed by atoms with E-state index in [1.165, 1.54) is 0 Å². The van der Waals surface area contributed by atoms with Gasteiger partial charge in [-0.3, -0.25) is 0 Å². The number of hydrogen-bond acceptors (Lipinski definition) is 2. The monoisotopic (exact) mass is 249 g/mol. The number of rotatable bonds is 3. The Morgan fingerprint density at radius 3 is 2.47 bits per heavy atom. The maximum absolute atomic E-state index is 13.9. The number of hydrogen-bond donors (Lipinski definition) is 1. The summed E-state index contributed by atoms with van der Waals surface area (Å²) in [5, 5.41) is 4.10. The standard InChI is InChI=1S/C13H16FNOSi/c1-17(2,3)11-4-5-13(12(14)8-11)15-10-6-7-16-9-10/h4-9,15H,1-3H3. The van der Waals surface area contributed by atoms with Crippen LogP contribution >= 0.6 is 0 Å². The Balaban J connectivity index is 2.26. The fourth-order valence-corrected chi connectivity index (χ4v) is 2.72. The summed E-state index contributed by atoms with van der Waals surface area (Å²) in [6, 6.07) is 7.17. The zero-order valence-corrected chi connectivity index (χ0v) is 11.3. The van der Waals surface area contributed by atoms with Gasteiger partial charge >= 0.3 is 0 Å². The first kappa shape index (κ1) is 11.9. The van der Waals surface area contributed by atoms with Crippen molar-refractivity contribution in [2.45, 2.75) is 19.6 Å². The Labute approximate surface area is 101 Å². The molecule has 1 N–H and O–H groups in total. The lowest BCUT2D eigenvalue weighted by Crippen LogP contribution is -2.37. The van der Waals surface area contributed by atoms with E-state index in [1.807, 2.05) is 6.07 Å². The molecule has 17 heavy (non-hydrogen) atoms. The topological polar surface area (TPSA) is 25.2 Å². The molecule has 0 spiro atoms. The van der Waals surface area contributed by atoms with Crippen LogP contribution in [0.15, 0.2) is 41.2 Å². The van der Waals surface area contributed by atoms with E-state index in [0.717, 1.165) is 10.9 Å². The number of anilines is 2. The molecule has 2 nitrogen and oxygen atoms in total. The maximum atomic E-state index is 13.9. The lowest BCUT2D eigenvalue weighted by molar-refractivity contribution is 0.568. The van der Waals surface area contributed by atoms with Gasteiger partial charge in [0.25, 0.3) is 0 Å². The highest BCUT2D eigenvalue weighted by Gasteiger charge is 2.17. The van der Waals surface area contributed by atoms with E-state index >= 15 is 0 Å². The highest BCUT2D eigenvalue weighted by molar-refractivity contribution is 6.88. The van der Waals surface area contributed by atoms with E-state index in [0.29, 0.717) is 5.69 Å². The van der Waals surface area contributed by atoms with Crippen molar-refractivity contribution in [2.24, 2.45) is 0 Å². The minimum absolute atomic E-state index is 0.217. The van der Waals surface area contributed by atoms with Crippen molar-refractivity contribution in [3.8, 4) is 0 Å². The first-order valence-corrected chi connectivity index (χ1v) is 9.06. The van der Waals surface area contributed by atoms with Gasteiger partial charge in [0.15, 0.2) is 0 Å². The second-order valence-corrected chi connectivity index (χ2v) is 10.2. The molecule has 2 aromatic rings. The van der Waals surface area contributed by atoms with Crippen LogP contribution in [0.2, 0.25) is 19.6 Å². The molecule has 0 saturated carbocycles. The van der Waals surface area contributed by atoms with Crippen LogP contribution in [0.25, 0.3) is 0 Å². The Morgan fingerprint density at radius 1 is 1.18 bits per heavy atom. The lowest BCUT2D eigenvalue weighted by Gasteiger charge is -2.17. The molecule has 0 amide bonds. The third kappa shape index (κ3) is 2.77. The molecule has 0 aliphatic carbocycles. The summed E-state index contributed by atoms with van der Waals surface area (Å²) in [5.74, 6) is -0.217. The summed E-state index contributed by atoms with van der Waals surface area (Å²) in [6.07, 6.45) is 3.10. The fourth-order valence-electron chi connectivity index (χ4n) is 1.57. The van der Waals surface area contributed by atoms with Crippen molar-refractivity contribution >= 4 is 24.6 Å². The van der Waals surface area contributed by atoms with Gasteiger partial charge < -0.3 is 9.73 Å². The molecule has 90 valence electrons. The van der Waals surface area contributed by atoms with Crippen LogP contribution in [0.5, 0.6) is 0 Å². The van der Waals surface area contributed by atoms with E-state index in [1.54, 1.807) is 30.7 Å². The molecular weight excluding hydrogens is 233 g/mol. The van der Waals surface area contributed by atoms with Gasteiger partial charge in [0.2, 0.25) is 0 Å². The van der Waals surface area contributed by atoms with Gasteiger partial charge in [-0.15, -0.1) is 0 Å². The fraction of sp³-hybridized carbons (Fsp3) is 0.231. The van der Waals surface area contributed by atoms with Gasteiger partial charge in [-0.25, -0.2) is 4.39 Å². The zero-order chi connectivity index (χ0) is 12.5. The molecule has 0 atom stereocenters. The minimum atomic E-state index is -1.45. The van der Waals surface area contributed by atoms with Crippen molar-refractivity contribution in [1.29, 1.82) is 0 Å². The molecule has 2 rings (SSSR count). The maximum Gasteiger partial charge on any atom is 0.146 e. The quantitative estimate of drug-likeness (QED) is 0.839. The van der Waals surface area contributed by atoms with Crippen LogP contribution < -0.4 is 10.5 Å². The first-order chi connectivity index (χ1) is 7.97. The number of benzene rings is 1. The molecule has 0 radical (unpaired) electrons. The molecule has 0 saturated heterocycles. The number of nitrogens with one attached hydrogen (secondary N) is 1. The van der Waals surface area contributed by atoms with Crippen molar-refractivity contribution < 1.29 is 8.81 Å². The second-order valence-electron chi connectivity index (χ2n) is 5.08. The van der Waals surface area contributed by atoms with Gasteiger partial charge in [0, 0.05) is 0 Å². The van der Waals surface area contributed by atoms with Crippen molar-refractivity contribution in [3.63, 3.8) is 0 Å². The van der Waals surface area contributed by atoms with Crippen LogP contribution in [0, 0.1) is 5.82 Å². The Morgan fingerprint density at radius 2 is 1.94 bits per heavy atom. The van der Waals surface area contributed by atoms with E-state index in [9.17, 15) is 4.39 Å². The van der Waals surface area contributed by atoms with E-state index < -0.39 is 8.07 Å². The van der Waals surface area contributed by atoms with Crippen molar-refractivity contribution in [3.05, 3.63) is 42.6 Å². The summed E-state index contributed by atoms with van der Waals surface area (Å²) < 4.78 is 18.8. The SMILES string of the molecule is C[Si](C)(C)c1ccc(Nc2ccoc2)c(F)c1. The Bertz CT molecular complexity index is 503.